The van der Waals surface area contributed by atoms with Crippen molar-refractivity contribution in [3.63, 3.8) is 0 Å². The molecule has 2 rings (SSSR count). The van der Waals surface area contributed by atoms with Crippen molar-refractivity contribution in [3.8, 4) is 5.75 Å². The summed E-state index contributed by atoms with van der Waals surface area (Å²) in [5, 5.41) is 18.6. The number of carbonyl (C=O) groups is 1. The molecule has 1 atom stereocenters. The van der Waals surface area contributed by atoms with Crippen LogP contribution in [0.15, 0.2) is 18.2 Å². The predicted molar refractivity (Wildman–Crippen MR) is 63.0 cm³/mol. The average molecular weight is 238 g/mol. The highest BCUT2D eigenvalue weighted by Crippen LogP contribution is 2.33. The van der Waals surface area contributed by atoms with Gasteiger partial charge >= 0.3 is 13.1 Å². The fraction of sp³-hybridized carbons (Fsp3) is 0.300. The second-order valence-electron chi connectivity index (χ2n) is 3.59. The van der Waals surface area contributed by atoms with Crippen LogP contribution < -0.4 is 4.65 Å². The Balaban J connectivity index is 2.42. The Labute approximate surface area is 97.8 Å². The van der Waals surface area contributed by atoms with Crippen LogP contribution in [0.2, 0.25) is 0 Å². The largest absolute Gasteiger partial charge is 0.536 e. The van der Waals surface area contributed by atoms with Gasteiger partial charge in [-0.2, -0.15) is 11.8 Å². The Morgan fingerprint density at radius 1 is 1.62 bits per heavy atom. The van der Waals surface area contributed by atoms with E-state index in [2.05, 4.69) is 0 Å². The number of hydrogen-bond acceptors (Lipinski definition) is 4. The molecule has 16 heavy (non-hydrogen) atoms. The molecule has 4 nitrogen and oxygen atoms in total. The van der Waals surface area contributed by atoms with Crippen LogP contribution >= 0.6 is 11.8 Å². The molecular weight excluding hydrogens is 227 g/mol. The third-order valence-electron chi connectivity index (χ3n) is 2.61. The van der Waals surface area contributed by atoms with E-state index in [-0.39, 0.29) is 10.7 Å². The number of carboxylic acid groups (broad SMARTS) is 1. The molecule has 0 saturated heterocycles. The second-order valence-corrected chi connectivity index (χ2v) is 4.66. The van der Waals surface area contributed by atoms with Crippen LogP contribution in [0.5, 0.6) is 5.75 Å². The van der Waals surface area contributed by atoms with Gasteiger partial charge in [-0.15, -0.1) is 0 Å². The van der Waals surface area contributed by atoms with E-state index in [9.17, 15) is 9.82 Å². The van der Waals surface area contributed by atoms with Crippen LogP contribution in [0.1, 0.15) is 15.9 Å². The molecule has 0 bridgehead atoms. The molecule has 0 radical (unpaired) electrons. The molecule has 0 aromatic heterocycles. The summed E-state index contributed by atoms with van der Waals surface area (Å²) in [7, 11) is -0.942. The predicted octanol–water partition coefficient (Wildman–Crippen LogP) is 1.07. The minimum atomic E-state index is -1.04. The zero-order valence-corrected chi connectivity index (χ0v) is 9.53. The lowest BCUT2D eigenvalue weighted by Gasteiger charge is -2.27. The topological polar surface area (TPSA) is 66.8 Å². The monoisotopic (exact) mass is 238 g/mol. The van der Waals surface area contributed by atoms with E-state index in [0.29, 0.717) is 12.2 Å². The smallest absolute Gasteiger partial charge is 0.535 e. The summed E-state index contributed by atoms with van der Waals surface area (Å²) in [5.74, 6) is -0.737. The molecule has 84 valence electrons. The van der Waals surface area contributed by atoms with Crippen molar-refractivity contribution < 1.29 is 19.6 Å². The summed E-state index contributed by atoms with van der Waals surface area (Å²) in [5.41, 5.74) is 0.945. The summed E-state index contributed by atoms with van der Waals surface area (Å²) < 4.78 is 5.28. The van der Waals surface area contributed by atoms with Crippen molar-refractivity contribution in [2.45, 2.75) is 11.6 Å². The van der Waals surface area contributed by atoms with E-state index in [1.165, 1.54) is 17.8 Å². The molecule has 1 aliphatic heterocycles. The first-order chi connectivity index (χ1) is 7.63. The van der Waals surface area contributed by atoms with Gasteiger partial charge in [0.15, 0.2) is 0 Å². The number of hydrogen-bond donors (Lipinski definition) is 2. The summed E-state index contributed by atoms with van der Waals surface area (Å²) in [6, 6.07) is 5.00. The molecular formula is C10H11BO4S. The third kappa shape index (κ3) is 1.90. The van der Waals surface area contributed by atoms with Gasteiger partial charge in [-0.05, 0) is 24.3 Å². The van der Waals surface area contributed by atoms with Crippen molar-refractivity contribution in [1.29, 1.82) is 0 Å². The standard InChI is InChI=1S/C10H11BO4S/c1-16-8-5-6-3-2-4-7(10(12)13)9(6)15-11(8)14/h2-4,8,14H,5H2,1H3,(H,12,13). The molecule has 1 aliphatic rings. The minimum Gasteiger partial charge on any atom is -0.535 e. The first-order valence-electron chi connectivity index (χ1n) is 4.86. The lowest BCUT2D eigenvalue weighted by atomic mass is 9.77. The zero-order chi connectivity index (χ0) is 11.7. The lowest BCUT2D eigenvalue weighted by molar-refractivity contribution is 0.0694. The van der Waals surface area contributed by atoms with Gasteiger partial charge in [0.05, 0.1) is 10.7 Å². The highest BCUT2D eigenvalue weighted by molar-refractivity contribution is 8.00. The first-order valence-corrected chi connectivity index (χ1v) is 6.15. The third-order valence-corrected chi connectivity index (χ3v) is 3.61. The highest BCUT2D eigenvalue weighted by atomic mass is 32.2. The fourth-order valence-corrected chi connectivity index (χ4v) is 2.40. The Hall–Kier alpha value is -1.14. The quantitative estimate of drug-likeness (QED) is 0.754. The van der Waals surface area contributed by atoms with Gasteiger partial charge in [0.25, 0.3) is 0 Å². The van der Waals surface area contributed by atoms with Crippen LogP contribution in [0, 0.1) is 0 Å². The normalized spacial score (nSPS) is 18.9. The first kappa shape index (κ1) is 11.4. The number of rotatable bonds is 2. The summed E-state index contributed by atoms with van der Waals surface area (Å²) >= 11 is 1.51. The number of thioether (sulfide) groups is 1. The van der Waals surface area contributed by atoms with E-state index in [4.69, 9.17) is 9.76 Å². The van der Waals surface area contributed by atoms with Crippen molar-refractivity contribution in [1.82, 2.24) is 0 Å². The summed E-state index contributed by atoms with van der Waals surface area (Å²) in [6.45, 7) is 0. The maximum Gasteiger partial charge on any atom is 0.536 e. The molecule has 1 heterocycles. The number of para-hydroxylation sites is 1. The van der Waals surface area contributed by atoms with E-state index in [0.717, 1.165) is 5.56 Å². The molecule has 0 saturated carbocycles. The van der Waals surface area contributed by atoms with Gasteiger partial charge in [-0.1, -0.05) is 12.1 Å². The van der Waals surface area contributed by atoms with Gasteiger partial charge in [0.1, 0.15) is 5.75 Å². The van der Waals surface area contributed by atoms with Crippen LogP contribution in [0.25, 0.3) is 0 Å². The van der Waals surface area contributed by atoms with Crippen molar-refractivity contribution in [3.05, 3.63) is 29.3 Å². The number of fused-ring (bicyclic) bond motifs is 1. The molecule has 1 unspecified atom stereocenters. The van der Waals surface area contributed by atoms with Gasteiger partial charge < -0.3 is 14.8 Å². The Bertz CT molecular complexity index is 423. The maximum atomic E-state index is 11.0. The zero-order valence-electron chi connectivity index (χ0n) is 8.71. The van der Waals surface area contributed by atoms with Gasteiger partial charge in [0.2, 0.25) is 0 Å². The Morgan fingerprint density at radius 2 is 2.38 bits per heavy atom. The minimum absolute atomic E-state index is 0.0449. The highest BCUT2D eigenvalue weighted by Gasteiger charge is 2.35. The molecule has 0 amide bonds. The molecule has 0 spiro atoms. The van der Waals surface area contributed by atoms with E-state index >= 15 is 0 Å². The van der Waals surface area contributed by atoms with Crippen LogP contribution in [-0.4, -0.2) is 34.6 Å². The van der Waals surface area contributed by atoms with Gasteiger partial charge in [0, 0.05) is 0 Å². The van der Waals surface area contributed by atoms with Gasteiger partial charge in [-0.25, -0.2) is 4.79 Å². The van der Waals surface area contributed by atoms with Crippen LogP contribution in [-0.2, 0) is 6.42 Å². The molecule has 6 heteroatoms. The van der Waals surface area contributed by atoms with Crippen molar-refractivity contribution >= 4 is 24.8 Å². The second kappa shape index (κ2) is 4.39. The molecule has 1 aromatic rings. The summed E-state index contributed by atoms with van der Waals surface area (Å²) in [6.07, 6.45) is 2.52. The van der Waals surface area contributed by atoms with E-state index < -0.39 is 13.1 Å². The van der Waals surface area contributed by atoms with E-state index in [1.54, 1.807) is 6.07 Å². The maximum absolute atomic E-state index is 11.0. The van der Waals surface area contributed by atoms with Crippen LogP contribution in [0.3, 0.4) is 0 Å². The number of benzene rings is 1. The van der Waals surface area contributed by atoms with E-state index in [1.807, 2.05) is 12.3 Å². The number of carboxylic acids is 1. The van der Waals surface area contributed by atoms with Crippen molar-refractivity contribution in [2.24, 2.45) is 0 Å². The van der Waals surface area contributed by atoms with Crippen molar-refractivity contribution in [2.75, 3.05) is 6.26 Å². The van der Waals surface area contributed by atoms with Gasteiger partial charge in [-0.3, -0.25) is 0 Å². The fourth-order valence-electron chi connectivity index (χ4n) is 1.77. The summed E-state index contributed by atoms with van der Waals surface area (Å²) in [4.78, 5) is 11.0. The molecule has 1 aromatic carbocycles. The lowest BCUT2D eigenvalue weighted by Crippen LogP contribution is -2.40. The molecule has 0 aliphatic carbocycles. The number of aromatic carboxylic acids is 1. The van der Waals surface area contributed by atoms with Crippen LogP contribution in [0.4, 0.5) is 0 Å². The Kier molecular flexibility index (Phi) is 3.11. The SMILES string of the molecule is CSC1Cc2cccc(C(=O)O)c2OB1O. The molecule has 0 fully saturated rings. The molecule has 2 N–H and O–H groups in total. The Morgan fingerprint density at radius 3 is 3.00 bits per heavy atom. The average Bonchev–Trinajstić information content (AvgIpc) is 2.27.